The first-order chi connectivity index (χ1) is 18.0. The van der Waals surface area contributed by atoms with E-state index in [1.807, 2.05) is 86.6 Å². The monoisotopic (exact) mass is 493 g/mol. The van der Waals surface area contributed by atoms with Gasteiger partial charge in [-0.3, -0.25) is 14.5 Å². The van der Waals surface area contributed by atoms with Gasteiger partial charge in [-0.2, -0.15) is 0 Å². The lowest BCUT2D eigenvalue weighted by atomic mass is 10.0. The maximum absolute atomic E-state index is 14.1. The smallest absolute Gasteiger partial charge is 0.249 e. The molecule has 0 spiro atoms. The molecule has 1 atom stereocenters. The van der Waals surface area contributed by atoms with E-state index < -0.39 is 6.04 Å². The summed E-state index contributed by atoms with van der Waals surface area (Å²) in [6.07, 6.45) is 1.56. The number of aryl methyl sites for hydroxylation is 2. The average Bonchev–Trinajstić information content (AvgIpc) is 3.58. The minimum absolute atomic E-state index is 0.0807. The number of anilines is 1. The highest BCUT2D eigenvalue weighted by molar-refractivity contribution is 6.02. The summed E-state index contributed by atoms with van der Waals surface area (Å²) in [6, 6.07) is 25.3. The van der Waals surface area contributed by atoms with Crippen molar-refractivity contribution in [1.29, 1.82) is 0 Å². The molecule has 2 heterocycles. The predicted molar refractivity (Wildman–Crippen MR) is 141 cm³/mol. The van der Waals surface area contributed by atoms with Crippen LogP contribution in [-0.4, -0.2) is 26.8 Å². The summed E-state index contributed by atoms with van der Waals surface area (Å²) in [5.74, 6) is 0.0165. The van der Waals surface area contributed by atoms with Crippen LogP contribution in [0.4, 0.5) is 5.69 Å². The molecule has 37 heavy (non-hydrogen) atoms. The van der Waals surface area contributed by atoms with Gasteiger partial charge in [0.05, 0.1) is 18.3 Å². The quantitative estimate of drug-likeness (QED) is 0.337. The molecule has 0 aliphatic carbocycles. The highest BCUT2D eigenvalue weighted by atomic mass is 16.3. The molecule has 0 aliphatic rings. The van der Waals surface area contributed by atoms with Crippen molar-refractivity contribution < 1.29 is 14.0 Å². The van der Waals surface area contributed by atoms with Crippen LogP contribution in [0.25, 0.3) is 11.0 Å². The van der Waals surface area contributed by atoms with E-state index in [1.54, 1.807) is 28.0 Å². The zero-order valence-electron chi connectivity index (χ0n) is 20.7. The van der Waals surface area contributed by atoms with E-state index in [0.29, 0.717) is 22.5 Å². The molecule has 0 saturated heterocycles. The number of benzene rings is 3. The Labute approximate surface area is 214 Å². The molecular formula is C29H27N5O3. The van der Waals surface area contributed by atoms with Crippen molar-refractivity contribution in [3.8, 4) is 0 Å². The minimum Gasteiger partial charge on any atom is -0.467 e. The second-order valence-electron chi connectivity index (χ2n) is 8.90. The van der Waals surface area contributed by atoms with Gasteiger partial charge in [-0.15, -0.1) is 5.10 Å². The second kappa shape index (κ2) is 10.5. The van der Waals surface area contributed by atoms with Crippen LogP contribution >= 0.6 is 0 Å². The van der Waals surface area contributed by atoms with Crippen molar-refractivity contribution >= 4 is 28.5 Å². The molecule has 1 unspecified atom stereocenters. The maximum atomic E-state index is 14.1. The van der Waals surface area contributed by atoms with E-state index in [9.17, 15) is 9.59 Å². The first kappa shape index (κ1) is 24.0. The van der Waals surface area contributed by atoms with Crippen molar-refractivity contribution in [2.45, 2.75) is 33.0 Å². The van der Waals surface area contributed by atoms with Gasteiger partial charge in [-0.25, -0.2) is 4.68 Å². The number of hydrogen-bond donors (Lipinski definition) is 1. The highest BCUT2D eigenvalue weighted by Crippen LogP contribution is 2.31. The normalized spacial score (nSPS) is 11.8. The fourth-order valence-electron chi connectivity index (χ4n) is 4.34. The number of hydrogen-bond acceptors (Lipinski definition) is 5. The fraction of sp³-hybridized carbons (Fsp3) is 0.172. The number of carbonyl (C=O) groups is 2. The Balaban J connectivity index is 1.57. The third kappa shape index (κ3) is 5.13. The molecular weight excluding hydrogens is 466 g/mol. The first-order valence-electron chi connectivity index (χ1n) is 12.0. The standard InChI is InChI=1S/C29H27N5O3/c1-20-13-15-22(16-14-20)28(29(36)30-18-23-9-7-17-37-23)34(25-11-5-3-8-21(25)2)27(35)19-33-26-12-6-4-10-24(26)31-32-33/h3-17,28H,18-19H2,1-2H3,(H,30,36). The molecule has 2 amide bonds. The van der Waals surface area contributed by atoms with Crippen LogP contribution in [0.15, 0.2) is 95.6 Å². The lowest BCUT2D eigenvalue weighted by Crippen LogP contribution is -2.45. The van der Waals surface area contributed by atoms with Crippen LogP contribution in [0.5, 0.6) is 0 Å². The van der Waals surface area contributed by atoms with Crippen molar-refractivity contribution in [3.05, 3.63) is 114 Å². The summed E-state index contributed by atoms with van der Waals surface area (Å²) in [7, 11) is 0. The molecule has 0 radical (unpaired) electrons. The molecule has 8 heteroatoms. The van der Waals surface area contributed by atoms with Crippen LogP contribution < -0.4 is 10.2 Å². The predicted octanol–water partition coefficient (Wildman–Crippen LogP) is 4.73. The van der Waals surface area contributed by atoms with Gasteiger partial charge in [0.1, 0.15) is 23.9 Å². The molecule has 0 fully saturated rings. The van der Waals surface area contributed by atoms with Crippen LogP contribution in [0, 0.1) is 13.8 Å². The van der Waals surface area contributed by atoms with Crippen LogP contribution in [0.2, 0.25) is 0 Å². The lowest BCUT2D eigenvalue weighted by molar-refractivity contribution is -0.127. The maximum Gasteiger partial charge on any atom is 0.249 e. The molecule has 5 aromatic rings. The van der Waals surface area contributed by atoms with E-state index >= 15 is 0 Å². The zero-order valence-corrected chi connectivity index (χ0v) is 20.7. The number of nitrogens with zero attached hydrogens (tertiary/aromatic N) is 4. The molecule has 3 aromatic carbocycles. The van der Waals surface area contributed by atoms with Crippen molar-refractivity contribution in [2.75, 3.05) is 4.90 Å². The number of nitrogens with one attached hydrogen (secondary N) is 1. The Morgan fingerprint density at radius 3 is 2.46 bits per heavy atom. The second-order valence-corrected chi connectivity index (χ2v) is 8.90. The van der Waals surface area contributed by atoms with E-state index in [-0.39, 0.29) is 24.9 Å². The van der Waals surface area contributed by atoms with E-state index in [0.717, 1.165) is 16.6 Å². The number of amides is 2. The Morgan fingerprint density at radius 1 is 0.946 bits per heavy atom. The van der Waals surface area contributed by atoms with E-state index in [4.69, 9.17) is 4.42 Å². The molecule has 5 rings (SSSR count). The third-order valence-corrected chi connectivity index (χ3v) is 6.27. The molecule has 0 saturated carbocycles. The number of fused-ring (bicyclic) bond motifs is 1. The summed E-state index contributed by atoms with van der Waals surface area (Å²) in [4.78, 5) is 29.4. The highest BCUT2D eigenvalue weighted by Gasteiger charge is 2.34. The van der Waals surface area contributed by atoms with Gasteiger partial charge in [-0.05, 0) is 55.3 Å². The summed E-state index contributed by atoms with van der Waals surface area (Å²) in [5.41, 5.74) is 4.72. The molecule has 186 valence electrons. The molecule has 0 bridgehead atoms. The topological polar surface area (TPSA) is 93.3 Å². The van der Waals surface area contributed by atoms with Gasteiger partial charge in [0.2, 0.25) is 11.8 Å². The molecule has 0 aliphatic heterocycles. The lowest BCUT2D eigenvalue weighted by Gasteiger charge is -2.32. The minimum atomic E-state index is -0.918. The van der Waals surface area contributed by atoms with Crippen LogP contribution in [-0.2, 0) is 22.7 Å². The van der Waals surface area contributed by atoms with E-state index in [2.05, 4.69) is 15.6 Å². The Kier molecular flexibility index (Phi) is 6.81. The van der Waals surface area contributed by atoms with Gasteiger partial charge < -0.3 is 9.73 Å². The largest absolute Gasteiger partial charge is 0.467 e. The summed E-state index contributed by atoms with van der Waals surface area (Å²) in [5, 5.41) is 11.3. The van der Waals surface area contributed by atoms with Crippen molar-refractivity contribution in [2.24, 2.45) is 0 Å². The zero-order chi connectivity index (χ0) is 25.8. The Bertz CT molecular complexity index is 1520. The van der Waals surface area contributed by atoms with Crippen LogP contribution in [0.3, 0.4) is 0 Å². The number of furan rings is 1. The molecule has 8 nitrogen and oxygen atoms in total. The number of para-hydroxylation sites is 2. The SMILES string of the molecule is Cc1ccc(C(C(=O)NCc2ccco2)N(C(=O)Cn2nnc3ccccc32)c2ccccc2C)cc1. The van der Waals surface area contributed by atoms with Gasteiger partial charge in [-0.1, -0.05) is 65.4 Å². The number of carbonyl (C=O) groups excluding carboxylic acids is 2. The Morgan fingerprint density at radius 2 is 1.70 bits per heavy atom. The van der Waals surface area contributed by atoms with Gasteiger partial charge in [0, 0.05) is 5.69 Å². The van der Waals surface area contributed by atoms with Gasteiger partial charge >= 0.3 is 0 Å². The first-order valence-corrected chi connectivity index (χ1v) is 12.0. The number of rotatable bonds is 8. The van der Waals surface area contributed by atoms with Crippen LogP contribution in [0.1, 0.15) is 28.5 Å². The van der Waals surface area contributed by atoms with Crippen molar-refractivity contribution in [3.63, 3.8) is 0 Å². The Hall–Kier alpha value is -4.72. The summed E-state index contributed by atoms with van der Waals surface area (Å²) in [6.45, 7) is 4.03. The van der Waals surface area contributed by atoms with E-state index in [1.165, 1.54) is 0 Å². The van der Waals surface area contributed by atoms with Gasteiger partial charge in [0.25, 0.3) is 0 Å². The van der Waals surface area contributed by atoms with Gasteiger partial charge in [0.15, 0.2) is 0 Å². The average molecular weight is 494 g/mol. The summed E-state index contributed by atoms with van der Waals surface area (Å²) < 4.78 is 6.96. The molecule has 1 N–H and O–H groups in total. The third-order valence-electron chi connectivity index (χ3n) is 6.27. The number of aromatic nitrogens is 3. The van der Waals surface area contributed by atoms with Crippen molar-refractivity contribution in [1.82, 2.24) is 20.3 Å². The fourth-order valence-corrected chi connectivity index (χ4v) is 4.34. The molecule has 2 aromatic heterocycles. The summed E-state index contributed by atoms with van der Waals surface area (Å²) >= 11 is 0.